The van der Waals surface area contributed by atoms with Crippen LogP contribution in [-0.2, 0) is 24.4 Å². The molecule has 4 nitrogen and oxygen atoms in total. The zero-order chi connectivity index (χ0) is 16.8. The van der Waals surface area contributed by atoms with E-state index in [9.17, 15) is 4.79 Å². The number of nitrogens with zero attached hydrogens (tertiary/aromatic N) is 1. The van der Waals surface area contributed by atoms with Gasteiger partial charge >= 0.3 is 0 Å². The second kappa shape index (κ2) is 8.28. The van der Waals surface area contributed by atoms with Crippen molar-refractivity contribution in [3.8, 4) is 5.75 Å². The van der Waals surface area contributed by atoms with E-state index in [0.29, 0.717) is 18.2 Å². The molecule has 2 aromatic heterocycles. The van der Waals surface area contributed by atoms with Crippen LogP contribution in [-0.4, -0.2) is 10.9 Å². The van der Waals surface area contributed by atoms with E-state index in [1.807, 2.05) is 35.0 Å². The molecule has 1 N–H and O–H groups in total. The summed E-state index contributed by atoms with van der Waals surface area (Å²) in [4.78, 5) is 17.5. The SMILES string of the molecule is O=C(Cc1csc(COc2ccc(Cl)cc2)n1)NCc1cccs1. The summed E-state index contributed by atoms with van der Waals surface area (Å²) in [6, 6.07) is 11.2. The van der Waals surface area contributed by atoms with Gasteiger partial charge in [0.1, 0.15) is 17.4 Å². The second-order valence-corrected chi connectivity index (χ2v) is 7.42. The van der Waals surface area contributed by atoms with Crippen molar-refractivity contribution in [1.29, 1.82) is 0 Å². The lowest BCUT2D eigenvalue weighted by atomic mass is 10.3. The van der Waals surface area contributed by atoms with Crippen molar-refractivity contribution >= 4 is 40.2 Å². The number of thiophene rings is 1. The Morgan fingerprint density at radius 3 is 2.79 bits per heavy atom. The van der Waals surface area contributed by atoms with Gasteiger partial charge in [-0.1, -0.05) is 17.7 Å². The van der Waals surface area contributed by atoms with Crippen LogP contribution in [0.1, 0.15) is 15.6 Å². The summed E-state index contributed by atoms with van der Waals surface area (Å²) in [5.41, 5.74) is 0.762. The fraction of sp³-hybridized carbons (Fsp3) is 0.176. The first kappa shape index (κ1) is 17.0. The molecule has 0 radical (unpaired) electrons. The molecular formula is C17H15ClN2O2S2. The average Bonchev–Trinajstić information content (AvgIpc) is 3.24. The predicted octanol–water partition coefficient (Wildman–Crippen LogP) is 4.30. The molecule has 0 aliphatic heterocycles. The Hall–Kier alpha value is -1.89. The maximum absolute atomic E-state index is 11.9. The van der Waals surface area contributed by atoms with Gasteiger partial charge in [0.2, 0.25) is 5.91 Å². The molecule has 0 unspecified atom stereocenters. The molecule has 7 heteroatoms. The minimum Gasteiger partial charge on any atom is -0.486 e. The van der Waals surface area contributed by atoms with Crippen LogP contribution in [0.25, 0.3) is 0 Å². The highest BCUT2D eigenvalue weighted by Gasteiger charge is 2.08. The Balaban J connectivity index is 1.46. The molecule has 0 saturated heterocycles. The third-order valence-electron chi connectivity index (χ3n) is 3.16. The van der Waals surface area contributed by atoms with E-state index in [1.165, 1.54) is 11.3 Å². The van der Waals surface area contributed by atoms with E-state index in [2.05, 4.69) is 10.3 Å². The summed E-state index contributed by atoms with van der Waals surface area (Å²) in [6.07, 6.45) is 0.281. The van der Waals surface area contributed by atoms with Crippen LogP contribution in [0, 0.1) is 0 Å². The smallest absolute Gasteiger partial charge is 0.226 e. The molecule has 0 spiro atoms. The summed E-state index contributed by atoms with van der Waals surface area (Å²) in [5, 5.41) is 8.30. The molecule has 124 valence electrons. The van der Waals surface area contributed by atoms with Gasteiger partial charge in [-0.25, -0.2) is 4.98 Å². The Kier molecular flexibility index (Phi) is 5.85. The zero-order valence-corrected chi connectivity index (χ0v) is 15.1. The first-order chi connectivity index (χ1) is 11.7. The number of aromatic nitrogens is 1. The number of thiazole rings is 1. The molecule has 2 heterocycles. The molecule has 0 bridgehead atoms. The van der Waals surface area contributed by atoms with Crippen LogP contribution < -0.4 is 10.1 Å². The highest BCUT2D eigenvalue weighted by atomic mass is 35.5. The van der Waals surface area contributed by atoms with Crippen molar-refractivity contribution in [2.24, 2.45) is 0 Å². The summed E-state index contributed by atoms with van der Waals surface area (Å²) < 4.78 is 5.65. The first-order valence-corrected chi connectivity index (χ1v) is 9.43. The zero-order valence-electron chi connectivity index (χ0n) is 12.7. The molecule has 0 aliphatic rings. The summed E-state index contributed by atoms with van der Waals surface area (Å²) >= 11 is 8.95. The van der Waals surface area contributed by atoms with Crippen LogP contribution in [0.2, 0.25) is 5.02 Å². The minimum absolute atomic E-state index is 0.0288. The number of amides is 1. The standard InChI is InChI=1S/C17H15ClN2O2S2/c18-12-3-5-14(6-4-12)22-10-17-20-13(11-24-17)8-16(21)19-9-15-2-1-7-23-15/h1-7,11H,8-10H2,(H,19,21). The van der Waals surface area contributed by atoms with E-state index in [4.69, 9.17) is 16.3 Å². The van der Waals surface area contributed by atoms with Crippen LogP contribution in [0.5, 0.6) is 5.75 Å². The van der Waals surface area contributed by atoms with Crippen LogP contribution >= 0.6 is 34.3 Å². The van der Waals surface area contributed by atoms with Crippen molar-refractivity contribution in [2.45, 2.75) is 19.6 Å². The lowest BCUT2D eigenvalue weighted by molar-refractivity contribution is -0.120. The number of hydrogen-bond acceptors (Lipinski definition) is 5. The van der Waals surface area contributed by atoms with E-state index < -0.39 is 0 Å². The highest BCUT2D eigenvalue weighted by Crippen LogP contribution is 2.18. The van der Waals surface area contributed by atoms with E-state index in [-0.39, 0.29) is 12.3 Å². The van der Waals surface area contributed by atoms with Gasteiger partial charge in [0.25, 0.3) is 0 Å². The topological polar surface area (TPSA) is 51.2 Å². The lowest BCUT2D eigenvalue weighted by Crippen LogP contribution is -2.24. The number of ether oxygens (including phenoxy) is 1. The molecule has 0 atom stereocenters. The predicted molar refractivity (Wildman–Crippen MR) is 97.8 cm³/mol. The van der Waals surface area contributed by atoms with Crippen molar-refractivity contribution in [1.82, 2.24) is 10.3 Å². The van der Waals surface area contributed by atoms with E-state index in [0.717, 1.165) is 21.3 Å². The average molecular weight is 379 g/mol. The number of carbonyl (C=O) groups is 1. The number of nitrogens with one attached hydrogen (secondary N) is 1. The molecule has 0 saturated carbocycles. The van der Waals surface area contributed by atoms with Gasteiger partial charge in [0.05, 0.1) is 18.7 Å². The minimum atomic E-state index is -0.0288. The summed E-state index contributed by atoms with van der Waals surface area (Å²) in [6.45, 7) is 0.941. The van der Waals surface area contributed by atoms with E-state index in [1.54, 1.807) is 23.5 Å². The molecule has 3 rings (SSSR count). The van der Waals surface area contributed by atoms with Crippen LogP contribution in [0.3, 0.4) is 0 Å². The van der Waals surface area contributed by atoms with Gasteiger partial charge in [0, 0.05) is 15.3 Å². The molecule has 0 aliphatic carbocycles. The normalized spacial score (nSPS) is 10.5. The monoisotopic (exact) mass is 378 g/mol. The van der Waals surface area contributed by atoms with Crippen molar-refractivity contribution < 1.29 is 9.53 Å². The molecule has 24 heavy (non-hydrogen) atoms. The van der Waals surface area contributed by atoms with Crippen molar-refractivity contribution in [3.63, 3.8) is 0 Å². The number of hydrogen-bond donors (Lipinski definition) is 1. The van der Waals surface area contributed by atoms with Gasteiger partial charge < -0.3 is 10.1 Å². The van der Waals surface area contributed by atoms with Crippen LogP contribution in [0.15, 0.2) is 47.2 Å². The third kappa shape index (κ3) is 5.06. The first-order valence-electron chi connectivity index (χ1n) is 7.30. The van der Waals surface area contributed by atoms with E-state index >= 15 is 0 Å². The van der Waals surface area contributed by atoms with Crippen LogP contribution in [0.4, 0.5) is 0 Å². The Labute approximate surface area is 153 Å². The maximum Gasteiger partial charge on any atom is 0.226 e. The summed E-state index contributed by atoms with van der Waals surface area (Å²) in [7, 11) is 0. The highest BCUT2D eigenvalue weighted by molar-refractivity contribution is 7.10. The number of rotatable bonds is 7. The molecule has 0 fully saturated rings. The lowest BCUT2D eigenvalue weighted by Gasteiger charge is -2.03. The van der Waals surface area contributed by atoms with Gasteiger partial charge in [-0.15, -0.1) is 22.7 Å². The van der Waals surface area contributed by atoms with Gasteiger partial charge in [-0.05, 0) is 35.7 Å². The largest absolute Gasteiger partial charge is 0.486 e. The van der Waals surface area contributed by atoms with Gasteiger partial charge in [0.15, 0.2) is 0 Å². The van der Waals surface area contributed by atoms with Gasteiger partial charge in [-0.2, -0.15) is 0 Å². The third-order valence-corrected chi connectivity index (χ3v) is 5.16. The molecule has 1 aromatic carbocycles. The number of benzene rings is 1. The van der Waals surface area contributed by atoms with Gasteiger partial charge in [-0.3, -0.25) is 4.79 Å². The fourth-order valence-corrected chi connectivity index (χ4v) is 3.47. The number of halogens is 1. The van der Waals surface area contributed by atoms with Crippen molar-refractivity contribution in [2.75, 3.05) is 0 Å². The second-order valence-electron chi connectivity index (χ2n) is 5.01. The summed E-state index contributed by atoms with van der Waals surface area (Å²) in [5.74, 6) is 0.712. The Morgan fingerprint density at radius 1 is 1.21 bits per heavy atom. The number of carbonyl (C=O) groups excluding carboxylic acids is 1. The fourth-order valence-electron chi connectivity index (χ4n) is 2.00. The Bertz CT molecular complexity index is 785. The molecule has 1 amide bonds. The quantitative estimate of drug-likeness (QED) is 0.667. The Morgan fingerprint density at radius 2 is 2.04 bits per heavy atom. The molecular weight excluding hydrogens is 364 g/mol. The van der Waals surface area contributed by atoms with Crippen molar-refractivity contribution in [3.05, 3.63) is 67.8 Å². The molecule has 3 aromatic rings. The maximum atomic E-state index is 11.9.